The minimum atomic E-state index is -0.352. The monoisotopic (exact) mass is 274 g/mol. The van der Waals surface area contributed by atoms with Crippen LogP contribution in [0.4, 0.5) is 4.79 Å². The highest BCUT2D eigenvalue weighted by Gasteiger charge is 2.32. The van der Waals surface area contributed by atoms with Crippen LogP contribution >= 0.6 is 0 Å². The summed E-state index contributed by atoms with van der Waals surface area (Å²) in [4.78, 5) is 14.6. The fourth-order valence-corrected chi connectivity index (χ4v) is 3.08. The first kappa shape index (κ1) is 14.9. The Labute approximate surface area is 122 Å². The highest BCUT2D eigenvalue weighted by molar-refractivity contribution is 5.76. The highest BCUT2D eigenvalue weighted by Crippen LogP contribution is 2.25. The van der Waals surface area contributed by atoms with Crippen LogP contribution in [0.25, 0.3) is 0 Å². The van der Waals surface area contributed by atoms with E-state index in [1.807, 2.05) is 23.1 Å². The van der Waals surface area contributed by atoms with E-state index in [2.05, 4.69) is 45.1 Å². The SMILES string of the molecule is CC1CCCC(C)N1C(=O)NC(C)(C)c1ccccc1. The van der Waals surface area contributed by atoms with Crippen molar-refractivity contribution in [3.63, 3.8) is 0 Å². The second-order valence-electron chi connectivity index (χ2n) is 6.46. The van der Waals surface area contributed by atoms with Gasteiger partial charge in [-0.2, -0.15) is 0 Å². The van der Waals surface area contributed by atoms with Crippen LogP contribution in [0.1, 0.15) is 52.5 Å². The number of piperidine rings is 1. The van der Waals surface area contributed by atoms with Crippen LogP contribution in [0, 0.1) is 0 Å². The van der Waals surface area contributed by atoms with Gasteiger partial charge in [-0.3, -0.25) is 0 Å². The molecule has 1 aromatic carbocycles. The van der Waals surface area contributed by atoms with Crippen molar-refractivity contribution < 1.29 is 4.79 Å². The standard InChI is InChI=1S/C17H26N2O/c1-13-9-8-10-14(2)19(13)16(20)18-17(3,4)15-11-6-5-7-12-15/h5-7,11-14H,8-10H2,1-4H3,(H,18,20). The summed E-state index contributed by atoms with van der Waals surface area (Å²) < 4.78 is 0. The molecule has 3 heteroatoms. The lowest BCUT2D eigenvalue weighted by atomic mass is 9.94. The van der Waals surface area contributed by atoms with Crippen molar-refractivity contribution >= 4 is 6.03 Å². The second kappa shape index (κ2) is 5.86. The summed E-state index contributed by atoms with van der Waals surface area (Å²) in [5.41, 5.74) is 0.778. The first-order chi connectivity index (χ1) is 9.42. The number of likely N-dealkylation sites (tertiary alicyclic amines) is 1. The number of rotatable bonds is 2. The quantitative estimate of drug-likeness (QED) is 0.871. The molecule has 3 nitrogen and oxygen atoms in total. The van der Waals surface area contributed by atoms with Crippen molar-refractivity contribution in [1.82, 2.24) is 10.2 Å². The van der Waals surface area contributed by atoms with Gasteiger partial charge in [-0.25, -0.2) is 4.79 Å². The Morgan fingerprint density at radius 3 is 2.25 bits per heavy atom. The van der Waals surface area contributed by atoms with Crippen LogP contribution in [0.2, 0.25) is 0 Å². The Balaban J connectivity index is 2.10. The maximum absolute atomic E-state index is 12.6. The van der Waals surface area contributed by atoms with Crippen LogP contribution < -0.4 is 5.32 Å². The molecule has 0 spiro atoms. The van der Waals surface area contributed by atoms with E-state index in [0.29, 0.717) is 12.1 Å². The lowest BCUT2D eigenvalue weighted by molar-refractivity contribution is 0.116. The minimum absolute atomic E-state index is 0.0542. The maximum atomic E-state index is 12.6. The molecule has 2 atom stereocenters. The molecule has 1 aromatic rings. The van der Waals surface area contributed by atoms with Gasteiger partial charge in [-0.05, 0) is 52.5 Å². The first-order valence-electron chi connectivity index (χ1n) is 7.58. The molecule has 0 aromatic heterocycles. The predicted molar refractivity (Wildman–Crippen MR) is 82.6 cm³/mol. The van der Waals surface area contributed by atoms with E-state index in [4.69, 9.17) is 0 Å². The van der Waals surface area contributed by atoms with E-state index < -0.39 is 0 Å². The van der Waals surface area contributed by atoms with Gasteiger partial charge in [0.05, 0.1) is 5.54 Å². The molecule has 0 radical (unpaired) electrons. The molecule has 1 N–H and O–H groups in total. The van der Waals surface area contributed by atoms with E-state index in [9.17, 15) is 4.79 Å². The smallest absolute Gasteiger partial charge is 0.318 e. The highest BCUT2D eigenvalue weighted by atomic mass is 16.2. The van der Waals surface area contributed by atoms with Crippen molar-refractivity contribution in [2.45, 2.75) is 64.6 Å². The predicted octanol–water partition coefficient (Wildman–Crippen LogP) is 3.89. The molecule has 2 amide bonds. The number of carbonyl (C=O) groups excluding carboxylic acids is 1. The summed E-state index contributed by atoms with van der Waals surface area (Å²) in [5, 5.41) is 3.19. The molecule has 2 rings (SSSR count). The summed E-state index contributed by atoms with van der Waals surface area (Å²) in [7, 11) is 0. The number of urea groups is 1. The number of nitrogens with one attached hydrogen (secondary N) is 1. The maximum Gasteiger partial charge on any atom is 0.318 e. The van der Waals surface area contributed by atoms with Gasteiger partial charge in [0.2, 0.25) is 0 Å². The fourth-order valence-electron chi connectivity index (χ4n) is 3.08. The normalized spacial score (nSPS) is 23.5. The minimum Gasteiger partial charge on any atom is -0.329 e. The van der Waals surface area contributed by atoms with Crippen LogP contribution in [0.5, 0.6) is 0 Å². The molecule has 1 fully saturated rings. The van der Waals surface area contributed by atoms with Gasteiger partial charge in [-0.1, -0.05) is 30.3 Å². The molecule has 0 bridgehead atoms. The summed E-state index contributed by atoms with van der Waals surface area (Å²) in [5.74, 6) is 0. The van der Waals surface area contributed by atoms with Gasteiger partial charge in [0, 0.05) is 12.1 Å². The summed E-state index contributed by atoms with van der Waals surface area (Å²) in [6, 6.07) is 10.8. The first-order valence-corrected chi connectivity index (χ1v) is 7.58. The molecule has 0 saturated carbocycles. The average molecular weight is 274 g/mol. The zero-order valence-corrected chi connectivity index (χ0v) is 13.0. The summed E-state index contributed by atoms with van der Waals surface area (Å²) in [6.45, 7) is 8.40. The van der Waals surface area contributed by atoms with E-state index in [1.54, 1.807) is 0 Å². The third-order valence-electron chi connectivity index (χ3n) is 4.34. The molecule has 2 unspecified atom stereocenters. The van der Waals surface area contributed by atoms with Crippen LogP contribution in [0.3, 0.4) is 0 Å². The zero-order valence-electron chi connectivity index (χ0n) is 13.0. The topological polar surface area (TPSA) is 32.3 Å². The van der Waals surface area contributed by atoms with Crippen molar-refractivity contribution in [1.29, 1.82) is 0 Å². The van der Waals surface area contributed by atoms with Crippen molar-refractivity contribution in [2.24, 2.45) is 0 Å². The van der Waals surface area contributed by atoms with E-state index >= 15 is 0 Å². The Morgan fingerprint density at radius 1 is 1.15 bits per heavy atom. The van der Waals surface area contributed by atoms with Crippen LogP contribution in [-0.2, 0) is 5.54 Å². The molecule has 1 aliphatic heterocycles. The molecule has 1 aliphatic rings. The zero-order chi connectivity index (χ0) is 14.8. The number of hydrogen-bond donors (Lipinski definition) is 1. The Hall–Kier alpha value is -1.51. The molecule has 20 heavy (non-hydrogen) atoms. The molecule has 1 heterocycles. The number of hydrogen-bond acceptors (Lipinski definition) is 1. The molecule has 1 saturated heterocycles. The molecular weight excluding hydrogens is 248 g/mol. The van der Waals surface area contributed by atoms with E-state index in [0.717, 1.165) is 18.4 Å². The van der Waals surface area contributed by atoms with Crippen molar-refractivity contribution in [3.05, 3.63) is 35.9 Å². The summed E-state index contributed by atoms with van der Waals surface area (Å²) >= 11 is 0. The van der Waals surface area contributed by atoms with Gasteiger partial charge in [-0.15, -0.1) is 0 Å². The fraction of sp³-hybridized carbons (Fsp3) is 0.588. The van der Waals surface area contributed by atoms with E-state index in [1.165, 1.54) is 6.42 Å². The molecule has 110 valence electrons. The van der Waals surface area contributed by atoms with Crippen molar-refractivity contribution in [3.8, 4) is 0 Å². The number of amides is 2. The van der Waals surface area contributed by atoms with E-state index in [-0.39, 0.29) is 11.6 Å². The van der Waals surface area contributed by atoms with Crippen molar-refractivity contribution in [2.75, 3.05) is 0 Å². The third-order valence-corrected chi connectivity index (χ3v) is 4.34. The van der Waals surface area contributed by atoms with Gasteiger partial charge < -0.3 is 10.2 Å². The van der Waals surface area contributed by atoms with Gasteiger partial charge in [0.1, 0.15) is 0 Å². The number of nitrogens with zero attached hydrogens (tertiary/aromatic N) is 1. The lowest BCUT2D eigenvalue weighted by Crippen LogP contribution is -2.55. The number of benzene rings is 1. The second-order valence-corrected chi connectivity index (χ2v) is 6.46. The molecular formula is C17H26N2O. The van der Waals surface area contributed by atoms with Gasteiger partial charge in [0.15, 0.2) is 0 Å². The Kier molecular flexibility index (Phi) is 4.36. The average Bonchev–Trinajstić information content (AvgIpc) is 2.39. The Bertz CT molecular complexity index is 445. The van der Waals surface area contributed by atoms with Crippen LogP contribution in [0.15, 0.2) is 30.3 Å². The number of carbonyl (C=O) groups is 1. The lowest BCUT2D eigenvalue weighted by Gasteiger charge is -2.41. The Morgan fingerprint density at radius 2 is 1.70 bits per heavy atom. The largest absolute Gasteiger partial charge is 0.329 e. The van der Waals surface area contributed by atoms with Gasteiger partial charge >= 0.3 is 6.03 Å². The third kappa shape index (κ3) is 3.14. The summed E-state index contributed by atoms with van der Waals surface area (Å²) in [6.07, 6.45) is 3.42. The van der Waals surface area contributed by atoms with Gasteiger partial charge in [0.25, 0.3) is 0 Å². The van der Waals surface area contributed by atoms with Crippen LogP contribution in [-0.4, -0.2) is 23.0 Å². The molecule has 0 aliphatic carbocycles.